The zero-order chi connectivity index (χ0) is 8.27. The van der Waals surface area contributed by atoms with E-state index in [1.54, 1.807) is 0 Å². The number of nitrogen functional groups attached to an aromatic ring is 1. The van der Waals surface area contributed by atoms with Gasteiger partial charge in [-0.2, -0.15) is 0 Å². The summed E-state index contributed by atoms with van der Waals surface area (Å²) in [5, 5.41) is 6.98. The Bertz CT molecular complexity index is 257. The van der Waals surface area contributed by atoms with Gasteiger partial charge in [-0.3, -0.25) is 4.79 Å². The summed E-state index contributed by atoms with van der Waals surface area (Å²) in [5.74, 6) is 0.0247. The summed E-state index contributed by atoms with van der Waals surface area (Å²) in [6.07, 6.45) is 0. The van der Waals surface area contributed by atoms with Crippen molar-refractivity contribution in [3.05, 3.63) is 12.1 Å². The first-order chi connectivity index (χ1) is 5.18. The summed E-state index contributed by atoms with van der Waals surface area (Å²) >= 11 is 0. The van der Waals surface area contributed by atoms with Crippen molar-refractivity contribution < 1.29 is 9.53 Å². The van der Waals surface area contributed by atoms with Crippen molar-refractivity contribution in [1.82, 2.24) is 10.2 Å². The molecule has 0 aliphatic heterocycles. The first-order valence-electron chi connectivity index (χ1n) is 2.96. The van der Waals surface area contributed by atoms with E-state index in [0.717, 1.165) is 0 Å². The van der Waals surface area contributed by atoms with Crippen LogP contribution in [0.1, 0.15) is 6.92 Å². The lowest BCUT2D eigenvalue weighted by molar-refractivity contribution is -0.132. The molecule has 0 spiro atoms. The summed E-state index contributed by atoms with van der Waals surface area (Å²) in [6, 6.07) is 2.98. The Balaban J connectivity index is 2.74. The maximum absolute atomic E-state index is 10.4. The quantitative estimate of drug-likeness (QED) is 0.574. The Morgan fingerprint density at radius 1 is 1.55 bits per heavy atom. The normalized spacial score (nSPS) is 9.18. The van der Waals surface area contributed by atoms with Gasteiger partial charge in [-0.15, -0.1) is 10.2 Å². The van der Waals surface area contributed by atoms with Crippen molar-refractivity contribution in [2.24, 2.45) is 0 Å². The van der Waals surface area contributed by atoms with Crippen LogP contribution in [0.25, 0.3) is 0 Å². The Kier molecular flexibility index (Phi) is 2.00. The zero-order valence-corrected chi connectivity index (χ0v) is 5.94. The highest BCUT2D eigenvalue weighted by atomic mass is 16.5. The molecule has 1 heterocycles. The molecule has 1 rings (SSSR count). The van der Waals surface area contributed by atoms with Gasteiger partial charge in [-0.1, -0.05) is 0 Å². The maximum atomic E-state index is 10.4. The predicted molar refractivity (Wildman–Crippen MR) is 37.8 cm³/mol. The summed E-state index contributed by atoms with van der Waals surface area (Å²) in [5.41, 5.74) is 5.24. The average Bonchev–Trinajstić information content (AvgIpc) is 1.93. The molecule has 0 radical (unpaired) electrons. The van der Waals surface area contributed by atoms with E-state index in [1.165, 1.54) is 19.1 Å². The summed E-state index contributed by atoms with van der Waals surface area (Å²) in [6.45, 7) is 1.29. The number of anilines is 1. The monoisotopic (exact) mass is 153 g/mol. The molecular formula is C6H7N3O2. The average molecular weight is 153 g/mol. The zero-order valence-electron chi connectivity index (χ0n) is 5.94. The van der Waals surface area contributed by atoms with Gasteiger partial charge in [0.05, 0.1) is 0 Å². The molecule has 0 aromatic carbocycles. The van der Waals surface area contributed by atoms with Gasteiger partial charge >= 0.3 is 5.97 Å². The van der Waals surface area contributed by atoms with Crippen LogP contribution >= 0.6 is 0 Å². The Morgan fingerprint density at radius 3 is 2.73 bits per heavy atom. The molecule has 58 valence electrons. The smallest absolute Gasteiger partial charge is 0.309 e. The molecule has 0 unspecified atom stereocenters. The van der Waals surface area contributed by atoms with Crippen LogP contribution in [0.15, 0.2) is 12.1 Å². The molecule has 0 fully saturated rings. The number of ether oxygens (including phenoxy) is 1. The fraction of sp³-hybridized carbons (Fsp3) is 0.167. The van der Waals surface area contributed by atoms with Gasteiger partial charge in [0, 0.05) is 13.0 Å². The van der Waals surface area contributed by atoms with Gasteiger partial charge < -0.3 is 10.5 Å². The molecule has 0 bridgehead atoms. The molecule has 1 aromatic rings. The Hall–Kier alpha value is -1.65. The molecule has 5 heteroatoms. The second kappa shape index (κ2) is 2.96. The largest absolute Gasteiger partial charge is 0.406 e. The molecule has 2 N–H and O–H groups in total. The van der Waals surface area contributed by atoms with Crippen LogP contribution < -0.4 is 10.5 Å². The highest BCUT2D eigenvalue weighted by Gasteiger charge is 1.98. The van der Waals surface area contributed by atoms with E-state index in [9.17, 15) is 4.79 Å². The lowest BCUT2D eigenvalue weighted by Crippen LogP contribution is -2.04. The molecule has 0 amide bonds. The van der Waals surface area contributed by atoms with E-state index in [-0.39, 0.29) is 5.88 Å². The fourth-order valence-electron chi connectivity index (χ4n) is 0.532. The SMILES string of the molecule is CC(=O)Oc1ccc(N)nn1. The Morgan fingerprint density at radius 2 is 2.27 bits per heavy atom. The van der Waals surface area contributed by atoms with E-state index in [0.29, 0.717) is 5.82 Å². The second-order valence-electron chi connectivity index (χ2n) is 1.89. The third-order valence-corrected chi connectivity index (χ3v) is 0.909. The molecule has 0 aliphatic carbocycles. The number of rotatable bonds is 1. The molecular weight excluding hydrogens is 146 g/mol. The van der Waals surface area contributed by atoms with Gasteiger partial charge in [0.15, 0.2) is 0 Å². The molecule has 11 heavy (non-hydrogen) atoms. The number of hydrogen-bond acceptors (Lipinski definition) is 5. The van der Waals surface area contributed by atoms with Crippen molar-refractivity contribution in [3.8, 4) is 5.88 Å². The van der Waals surface area contributed by atoms with Gasteiger partial charge in [0.2, 0.25) is 5.88 Å². The predicted octanol–water partition coefficient (Wildman–Crippen LogP) is -0.0159. The highest BCUT2D eigenvalue weighted by molar-refractivity contribution is 5.68. The number of hydrogen-bond donors (Lipinski definition) is 1. The first kappa shape index (κ1) is 7.46. The van der Waals surface area contributed by atoms with E-state index in [2.05, 4.69) is 14.9 Å². The molecule has 0 saturated heterocycles. The van der Waals surface area contributed by atoms with Crippen molar-refractivity contribution in [1.29, 1.82) is 0 Å². The van der Waals surface area contributed by atoms with Crippen LogP contribution in [0.2, 0.25) is 0 Å². The summed E-state index contributed by atoms with van der Waals surface area (Å²) < 4.78 is 4.60. The topological polar surface area (TPSA) is 78.1 Å². The molecule has 0 saturated carbocycles. The van der Waals surface area contributed by atoms with Crippen molar-refractivity contribution >= 4 is 11.8 Å². The summed E-state index contributed by atoms with van der Waals surface area (Å²) in [7, 11) is 0. The number of nitrogens with two attached hydrogens (primary N) is 1. The van der Waals surface area contributed by atoms with Gasteiger partial charge in [0.25, 0.3) is 0 Å². The van der Waals surface area contributed by atoms with E-state index in [1.807, 2.05) is 0 Å². The molecule has 0 aliphatic rings. The lowest BCUT2D eigenvalue weighted by atomic mass is 10.5. The van der Waals surface area contributed by atoms with Gasteiger partial charge in [-0.25, -0.2) is 0 Å². The third kappa shape index (κ3) is 2.21. The maximum Gasteiger partial charge on any atom is 0.309 e. The van der Waals surface area contributed by atoms with Crippen LogP contribution in [0.5, 0.6) is 5.88 Å². The number of nitrogens with zero attached hydrogens (tertiary/aromatic N) is 2. The van der Waals surface area contributed by atoms with Crippen molar-refractivity contribution in [2.75, 3.05) is 5.73 Å². The highest BCUT2D eigenvalue weighted by Crippen LogP contribution is 2.04. The first-order valence-corrected chi connectivity index (χ1v) is 2.96. The van der Waals surface area contributed by atoms with E-state index < -0.39 is 5.97 Å². The van der Waals surface area contributed by atoms with Crippen molar-refractivity contribution in [2.45, 2.75) is 6.92 Å². The van der Waals surface area contributed by atoms with Crippen LogP contribution in [0, 0.1) is 0 Å². The van der Waals surface area contributed by atoms with E-state index >= 15 is 0 Å². The Labute approximate surface area is 63.2 Å². The van der Waals surface area contributed by atoms with E-state index in [4.69, 9.17) is 5.73 Å². The lowest BCUT2D eigenvalue weighted by Gasteiger charge is -1.96. The van der Waals surface area contributed by atoms with Crippen LogP contribution in [-0.2, 0) is 4.79 Å². The second-order valence-corrected chi connectivity index (χ2v) is 1.89. The van der Waals surface area contributed by atoms with Crippen LogP contribution in [0.3, 0.4) is 0 Å². The van der Waals surface area contributed by atoms with Crippen LogP contribution in [0.4, 0.5) is 5.82 Å². The fourth-order valence-corrected chi connectivity index (χ4v) is 0.532. The van der Waals surface area contributed by atoms with Crippen molar-refractivity contribution in [3.63, 3.8) is 0 Å². The number of esters is 1. The van der Waals surface area contributed by atoms with Crippen LogP contribution in [-0.4, -0.2) is 16.2 Å². The summed E-state index contributed by atoms with van der Waals surface area (Å²) in [4.78, 5) is 10.4. The minimum absolute atomic E-state index is 0.159. The number of aromatic nitrogens is 2. The number of carbonyl (C=O) groups excluding carboxylic acids is 1. The van der Waals surface area contributed by atoms with Gasteiger partial charge in [-0.05, 0) is 6.07 Å². The molecule has 1 aromatic heterocycles. The third-order valence-electron chi connectivity index (χ3n) is 0.909. The minimum Gasteiger partial charge on any atom is -0.406 e. The number of carbonyl (C=O) groups is 1. The molecule has 5 nitrogen and oxygen atoms in total. The standard InChI is InChI=1S/C6H7N3O2/c1-4(10)11-6-3-2-5(7)8-9-6/h2-3H,1H3,(H2,7,8). The van der Waals surface area contributed by atoms with Gasteiger partial charge in [0.1, 0.15) is 5.82 Å². The molecule has 0 atom stereocenters. The minimum atomic E-state index is -0.427.